The first kappa shape index (κ1) is 40.1. The second-order valence-electron chi connectivity index (χ2n) is 15.0. The van der Waals surface area contributed by atoms with Gasteiger partial charge in [-0.15, -0.1) is 0 Å². The van der Waals surface area contributed by atoms with Crippen molar-refractivity contribution < 1.29 is 19.1 Å². The fraction of sp³-hybridized carbons (Fsp3) is 0.455. The summed E-state index contributed by atoms with van der Waals surface area (Å²) in [5.41, 5.74) is 4.08. The predicted molar refractivity (Wildman–Crippen MR) is 210 cm³/mol. The summed E-state index contributed by atoms with van der Waals surface area (Å²) < 4.78 is 12.2. The maximum atomic E-state index is 13.4. The van der Waals surface area contributed by atoms with Crippen LogP contribution < -0.4 is 20.1 Å². The molecule has 0 radical (unpaired) electrons. The van der Waals surface area contributed by atoms with Gasteiger partial charge in [-0.25, -0.2) is 0 Å². The summed E-state index contributed by atoms with van der Waals surface area (Å²) in [6.07, 6.45) is 17.6. The molecule has 0 aromatic heterocycles. The maximum Gasteiger partial charge on any atom is 0.255 e. The SMILES string of the molecule is CCCCCC=CCOc1ccc(C(C)(C)C)cc1NC(=O)c1ccc(C(=O)Nc2cc(C(C)(C)C)ccc2OCC=CCCCCC)cc1. The molecule has 3 rings (SSSR count). The molecule has 0 unspecified atom stereocenters. The van der Waals surface area contributed by atoms with E-state index in [0.29, 0.717) is 47.2 Å². The molecule has 0 aliphatic rings. The molecule has 0 aliphatic carbocycles. The topological polar surface area (TPSA) is 76.7 Å². The lowest BCUT2D eigenvalue weighted by Gasteiger charge is -2.22. The molecule has 0 fully saturated rings. The third-order valence-corrected chi connectivity index (χ3v) is 8.55. The zero-order chi connectivity index (χ0) is 36.6. The van der Waals surface area contributed by atoms with E-state index in [0.717, 1.165) is 24.0 Å². The number of allylic oxidation sites excluding steroid dienone is 2. The number of unbranched alkanes of at least 4 members (excludes halogenated alkanes) is 6. The van der Waals surface area contributed by atoms with E-state index >= 15 is 0 Å². The van der Waals surface area contributed by atoms with Crippen LogP contribution in [0.4, 0.5) is 11.4 Å². The lowest BCUT2D eigenvalue weighted by molar-refractivity contribution is 0.101. The van der Waals surface area contributed by atoms with Crippen LogP contribution in [0.2, 0.25) is 0 Å². The van der Waals surface area contributed by atoms with Crippen molar-refractivity contribution in [2.24, 2.45) is 0 Å². The summed E-state index contributed by atoms with van der Waals surface area (Å²) in [7, 11) is 0. The highest BCUT2D eigenvalue weighted by Crippen LogP contribution is 2.33. The Morgan fingerprint density at radius 2 is 0.940 bits per heavy atom. The van der Waals surface area contributed by atoms with E-state index in [1.807, 2.05) is 48.6 Å². The molecule has 3 aromatic carbocycles. The van der Waals surface area contributed by atoms with Crippen molar-refractivity contribution in [3.8, 4) is 11.5 Å². The molecule has 6 heteroatoms. The molecule has 2 N–H and O–H groups in total. The van der Waals surface area contributed by atoms with Crippen LogP contribution in [0.15, 0.2) is 85.0 Å². The van der Waals surface area contributed by atoms with Crippen LogP contribution in [0.25, 0.3) is 0 Å². The molecule has 0 spiro atoms. The van der Waals surface area contributed by atoms with Crippen molar-refractivity contribution in [3.05, 3.63) is 107 Å². The molecule has 270 valence electrons. The van der Waals surface area contributed by atoms with Crippen molar-refractivity contribution >= 4 is 23.2 Å². The molecule has 0 saturated carbocycles. The first-order valence-corrected chi connectivity index (χ1v) is 18.4. The van der Waals surface area contributed by atoms with Crippen LogP contribution in [0, 0.1) is 0 Å². The number of hydrogen-bond donors (Lipinski definition) is 2. The van der Waals surface area contributed by atoms with E-state index < -0.39 is 0 Å². The third-order valence-electron chi connectivity index (χ3n) is 8.55. The molecule has 0 atom stereocenters. The molecule has 6 nitrogen and oxygen atoms in total. The summed E-state index contributed by atoms with van der Waals surface area (Å²) in [6.45, 7) is 18.1. The van der Waals surface area contributed by atoms with Crippen LogP contribution in [-0.4, -0.2) is 25.0 Å². The number of benzene rings is 3. The Balaban J connectivity index is 1.73. The number of carbonyl (C=O) groups excluding carboxylic acids is 2. The number of amides is 2. The summed E-state index contributed by atoms with van der Waals surface area (Å²) in [4.78, 5) is 26.9. The number of hydrogen-bond acceptors (Lipinski definition) is 4. The minimum atomic E-state index is -0.278. The Labute approximate surface area is 301 Å². The molecule has 2 amide bonds. The standard InChI is InChI=1S/C44H60N2O4/c1-9-11-13-15-17-19-29-49-39-27-25-35(43(3,4)5)31-37(39)45-41(47)33-21-23-34(24-22-33)42(48)46-38-32-36(44(6,7)8)26-28-40(38)50-30-20-18-16-14-12-10-2/h17-28,31-32H,9-16,29-30H2,1-8H3,(H,45,47)(H,46,48). The lowest BCUT2D eigenvalue weighted by Crippen LogP contribution is -2.17. The largest absolute Gasteiger partial charge is 0.487 e. The molecular formula is C44H60N2O4. The van der Waals surface area contributed by atoms with Crippen LogP contribution in [0.3, 0.4) is 0 Å². The van der Waals surface area contributed by atoms with Gasteiger partial charge in [0.2, 0.25) is 0 Å². The Kier molecular flexibility index (Phi) is 15.9. The van der Waals surface area contributed by atoms with Gasteiger partial charge < -0.3 is 20.1 Å². The van der Waals surface area contributed by atoms with Gasteiger partial charge in [0.15, 0.2) is 0 Å². The molecule has 50 heavy (non-hydrogen) atoms. The smallest absolute Gasteiger partial charge is 0.255 e. The molecule has 0 heterocycles. The van der Waals surface area contributed by atoms with Crippen LogP contribution in [0.1, 0.15) is 139 Å². The van der Waals surface area contributed by atoms with Gasteiger partial charge in [-0.1, -0.05) is 118 Å². The number of nitrogens with one attached hydrogen (secondary N) is 2. The summed E-state index contributed by atoms with van der Waals surface area (Å²) in [6, 6.07) is 18.6. The Morgan fingerprint density at radius 3 is 1.28 bits per heavy atom. The van der Waals surface area contributed by atoms with Gasteiger partial charge in [0.05, 0.1) is 11.4 Å². The average Bonchev–Trinajstić information content (AvgIpc) is 3.07. The van der Waals surface area contributed by atoms with Crippen molar-refractivity contribution in [2.75, 3.05) is 23.8 Å². The van der Waals surface area contributed by atoms with Gasteiger partial charge in [0.1, 0.15) is 24.7 Å². The van der Waals surface area contributed by atoms with Gasteiger partial charge in [0, 0.05) is 11.1 Å². The van der Waals surface area contributed by atoms with E-state index in [2.05, 4.69) is 78.2 Å². The second-order valence-corrected chi connectivity index (χ2v) is 15.0. The van der Waals surface area contributed by atoms with Gasteiger partial charge in [-0.2, -0.15) is 0 Å². The normalized spacial score (nSPS) is 12.0. The molecular weight excluding hydrogens is 620 g/mol. The fourth-order valence-corrected chi connectivity index (χ4v) is 5.27. The quantitative estimate of drug-likeness (QED) is 0.104. The van der Waals surface area contributed by atoms with Gasteiger partial charge in [-0.05, 0) is 96.2 Å². The van der Waals surface area contributed by atoms with Crippen LogP contribution in [-0.2, 0) is 10.8 Å². The first-order valence-electron chi connectivity index (χ1n) is 18.4. The van der Waals surface area contributed by atoms with E-state index in [-0.39, 0.29) is 22.6 Å². The second kappa shape index (κ2) is 19.8. The monoisotopic (exact) mass is 680 g/mol. The van der Waals surface area contributed by atoms with E-state index in [9.17, 15) is 9.59 Å². The highest BCUT2D eigenvalue weighted by molar-refractivity contribution is 6.08. The Hall–Kier alpha value is -4.32. The van der Waals surface area contributed by atoms with Crippen molar-refractivity contribution in [2.45, 2.75) is 118 Å². The maximum absolute atomic E-state index is 13.4. The van der Waals surface area contributed by atoms with Crippen LogP contribution in [0.5, 0.6) is 11.5 Å². The van der Waals surface area contributed by atoms with E-state index in [4.69, 9.17) is 9.47 Å². The minimum Gasteiger partial charge on any atom is -0.487 e. The van der Waals surface area contributed by atoms with Crippen LogP contribution >= 0.6 is 0 Å². The van der Waals surface area contributed by atoms with E-state index in [1.165, 1.54) is 38.5 Å². The van der Waals surface area contributed by atoms with Gasteiger partial charge in [0.25, 0.3) is 11.8 Å². The summed E-state index contributed by atoms with van der Waals surface area (Å²) >= 11 is 0. The predicted octanol–water partition coefficient (Wildman–Crippen LogP) is 11.8. The zero-order valence-electron chi connectivity index (χ0n) is 31.8. The van der Waals surface area contributed by atoms with E-state index in [1.54, 1.807) is 24.3 Å². The summed E-state index contributed by atoms with van der Waals surface area (Å²) in [5, 5.41) is 6.10. The van der Waals surface area contributed by atoms with Gasteiger partial charge in [-0.3, -0.25) is 9.59 Å². The molecule has 0 bridgehead atoms. The number of rotatable bonds is 18. The minimum absolute atomic E-state index is 0.103. The number of ether oxygens (including phenoxy) is 2. The molecule has 0 saturated heterocycles. The summed E-state index contributed by atoms with van der Waals surface area (Å²) in [5.74, 6) is 0.671. The van der Waals surface area contributed by atoms with Crippen molar-refractivity contribution in [1.82, 2.24) is 0 Å². The van der Waals surface area contributed by atoms with Gasteiger partial charge >= 0.3 is 0 Å². The number of anilines is 2. The molecule has 3 aromatic rings. The highest BCUT2D eigenvalue weighted by atomic mass is 16.5. The van der Waals surface area contributed by atoms with Crippen molar-refractivity contribution in [1.29, 1.82) is 0 Å². The third kappa shape index (κ3) is 13.2. The lowest BCUT2D eigenvalue weighted by atomic mass is 9.86. The Bertz CT molecular complexity index is 1450. The average molecular weight is 681 g/mol. The van der Waals surface area contributed by atoms with Crippen molar-refractivity contribution in [3.63, 3.8) is 0 Å². The fourth-order valence-electron chi connectivity index (χ4n) is 5.27. The highest BCUT2D eigenvalue weighted by Gasteiger charge is 2.20. The number of carbonyl (C=O) groups is 2. The first-order chi connectivity index (χ1) is 23.8. The Morgan fingerprint density at radius 1 is 0.560 bits per heavy atom. The zero-order valence-corrected chi connectivity index (χ0v) is 31.8. The molecule has 0 aliphatic heterocycles.